The van der Waals surface area contributed by atoms with Gasteiger partial charge in [0, 0.05) is 13.1 Å². The zero-order valence-electron chi connectivity index (χ0n) is 11.3. The SMILES string of the molecule is CCOc1ccc(C(O)CN2CCC(C)C2)cc1. The summed E-state index contributed by atoms with van der Waals surface area (Å²) in [5.74, 6) is 1.63. The van der Waals surface area contributed by atoms with Crippen LogP contribution in [0.15, 0.2) is 24.3 Å². The number of nitrogens with zero attached hydrogens (tertiary/aromatic N) is 1. The fourth-order valence-electron chi connectivity index (χ4n) is 2.49. The minimum atomic E-state index is -0.397. The number of likely N-dealkylation sites (tertiary alicyclic amines) is 1. The lowest BCUT2D eigenvalue weighted by atomic mass is 10.1. The lowest BCUT2D eigenvalue weighted by molar-refractivity contribution is 0.124. The van der Waals surface area contributed by atoms with Crippen molar-refractivity contribution in [1.29, 1.82) is 0 Å². The second kappa shape index (κ2) is 6.21. The van der Waals surface area contributed by atoms with E-state index in [4.69, 9.17) is 4.74 Å². The van der Waals surface area contributed by atoms with Crippen LogP contribution in [0.3, 0.4) is 0 Å². The van der Waals surface area contributed by atoms with E-state index in [1.54, 1.807) is 0 Å². The Kier molecular flexibility index (Phi) is 4.61. The van der Waals surface area contributed by atoms with Crippen LogP contribution in [0.1, 0.15) is 31.9 Å². The molecule has 0 spiro atoms. The second-order valence-electron chi connectivity index (χ2n) is 5.17. The molecule has 100 valence electrons. The summed E-state index contributed by atoms with van der Waals surface area (Å²) in [6.45, 7) is 7.86. The first-order valence-corrected chi connectivity index (χ1v) is 6.82. The molecule has 1 aliphatic heterocycles. The molecule has 18 heavy (non-hydrogen) atoms. The molecule has 0 aromatic heterocycles. The van der Waals surface area contributed by atoms with Gasteiger partial charge < -0.3 is 14.7 Å². The van der Waals surface area contributed by atoms with Gasteiger partial charge in [-0.05, 0) is 43.5 Å². The van der Waals surface area contributed by atoms with Gasteiger partial charge in [0.1, 0.15) is 5.75 Å². The van der Waals surface area contributed by atoms with Gasteiger partial charge in [0.2, 0.25) is 0 Å². The molecule has 1 aromatic rings. The van der Waals surface area contributed by atoms with E-state index in [0.29, 0.717) is 6.61 Å². The van der Waals surface area contributed by atoms with E-state index in [-0.39, 0.29) is 0 Å². The molecule has 2 unspecified atom stereocenters. The molecule has 0 saturated carbocycles. The van der Waals surface area contributed by atoms with E-state index < -0.39 is 6.10 Å². The summed E-state index contributed by atoms with van der Waals surface area (Å²) >= 11 is 0. The number of aliphatic hydroxyl groups excluding tert-OH is 1. The highest BCUT2D eigenvalue weighted by molar-refractivity contribution is 5.28. The first-order valence-electron chi connectivity index (χ1n) is 6.82. The van der Waals surface area contributed by atoms with Gasteiger partial charge in [-0.3, -0.25) is 0 Å². The van der Waals surface area contributed by atoms with Gasteiger partial charge in [-0.25, -0.2) is 0 Å². The van der Waals surface area contributed by atoms with Crippen molar-refractivity contribution in [3.8, 4) is 5.75 Å². The van der Waals surface area contributed by atoms with Crippen LogP contribution in [-0.2, 0) is 0 Å². The van der Waals surface area contributed by atoms with E-state index in [1.165, 1.54) is 6.42 Å². The standard InChI is InChI=1S/C15H23NO2/c1-3-18-14-6-4-13(5-7-14)15(17)11-16-9-8-12(2)10-16/h4-7,12,15,17H,3,8-11H2,1-2H3. The molecule has 0 aliphatic carbocycles. The van der Waals surface area contributed by atoms with Gasteiger partial charge in [0.15, 0.2) is 0 Å². The molecule has 1 aromatic carbocycles. The number of β-amino-alcohol motifs (C(OH)–C–C–N with tert-alkyl or cyclic N) is 1. The van der Waals surface area contributed by atoms with Gasteiger partial charge in [-0.15, -0.1) is 0 Å². The van der Waals surface area contributed by atoms with Crippen molar-refractivity contribution in [2.24, 2.45) is 5.92 Å². The fourth-order valence-corrected chi connectivity index (χ4v) is 2.49. The first-order chi connectivity index (χ1) is 8.69. The molecule has 2 rings (SSSR count). The number of aliphatic hydroxyl groups is 1. The molecule has 0 amide bonds. The Morgan fingerprint density at radius 2 is 2.11 bits per heavy atom. The topological polar surface area (TPSA) is 32.7 Å². The largest absolute Gasteiger partial charge is 0.494 e. The zero-order valence-corrected chi connectivity index (χ0v) is 11.3. The third kappa shape index (κ3) is 3.47. The number of ether oxygens (including phenoxy) is 1. The summed E-state index contributed by atoms with van der Waals surface area (Å²) in [6.07, 6.45) is 0.849. The second-order valence-corrected chi connectivity index (χ2v) is 5.17. The van der Waals surface area contributed by atoms with E-state index in [1.807, 2.05) is 31.2 Å². The molecular weight excluding hydrogens is 226 g/mol. The maximum atomic E-state index is 10.2. The highest BCUT2D eigenvalue weighted by atomic mass is 16.5. The third-order valence-electron chi connectivity index (χ3n) is 3.52. The summed E-state index contributed by atoms with van der Waals surface area (Å²) in [5, 5.41) is 10.2. The van der Waals surface area contributed by atoms with E-state index in [9.17, 15) is 5.11 Å². The van der Waals surface area contributed by atoms with E-state index in [2.05, 4.69) is 11.8 Å². The Morgan fingerprint density at radius 3 is 2.67 bits per heavy atom. The molecule has 0 radical (unpaired) electrons. The molecule has 1 saturated heterocycles. The maximum absolute atomic E-state index is 10.2. The predicted octanol–water partition coefficient (Wildman–Crippen LogP) is 2.46. The minimum absolute atomic E-state index is 0.397. The lowest BCUT2D eigenvalue weighted by Gasteiger charge is -2.20. The summed E-state index contributed by atoms with van der Waals surface area (Å²) in [7, 11) is 0. The Labute approximate surface area is 109 Å². The van der Waals surface area contributed by atoms with Crippen molar-refractivity contribution in [1.82, 2.24) is 4.90 Å². The normalized spacial score (nSPS) is 22.1. The number of hydrogen-bond donors (Lipinski definition) is 1. The number of benzene rings is 1. The molecule has 3 heteroatoms. The van der Waals surface area contributed by atoms with Crippen molar-refractivity contribution < 1.29 is 9.84 Å². The average molecular weight is 249 g/mol. The molecule has 1 N–H and O–H groups in total. The van der Waals surface area contributed by atoms with Gasteiger partial charge in [0.05, 0.1) is 12.7 Å². The van der Waals surface area contributed by atoms with Crippen molar-refractivity contribution in [3.63, 3.8) is 0 Å². The average Bonchev–Trinajstić information content (AvgIpc) is 2.76. The van der Waals surface area contributed by atoms with Crippen LogP contribution in [0.2, 0.25) is 0 Å². The summed E-state index contributed by atoms with van der Waals surface area (Å²) in [4.78, 5) is 2.34. The fraction of sp³-hybridized carbons (Fsp3) is 0.600. The van der Waals surface area contributed by atoms with Gasteiger partial charge in [-0.2, -0.15) is 0 Å². The van der Waals surface area contributed by atoms with Crippen LogP contribution in [0, 0.1) is 5.92 Å². The predicted molar refractivity (Wildman–Crippen MR) is 72.8 cm³/mol. The summed E-state index contributed by atoms with van der Waals surface area (Å²) in [6, 6.07) is 7.76. The Morgan fingerprint density at radius 1 is 1.39 bits per heavy atom. The Balaban J connectivity index is 1.90. The number of rotatable bonds is 5. The van der Waals surface area contributed by atoms with Crippen molar-refractivity contribution >= 4 is 0 Å². The summed E-state index contributed by atoms with van der Waals surface area (Å²) < 4.78 is 5.40. The van der Waals surface area contributed by atoms with Gasteiger partial charge in [0.25, 0.3) is 0 Å². The van der Waals surface area contributed by atoms with Crippen LogP contribution in [0.4, 0.5) is 0 Å². The minimum Gasteiger partial charge on any atom is -0.494 e. The number of hydrogen-bond acceptors (Lipinski definition) is 3. The quantitative estimate of drug-likeness (QED) is 0.870. The molecule has 0 bridgehead atoms. The van der Waals surface area contributed by atoms with Crippen LogP contribution in [-0.4, -0.2) is 36.2 Å². The molecule has 1 heterocycles. The van der Waals surface area contributed by atoms with Crippen LogP contribution >= 0.6 is 0 Å². The molecule has 3 nitrogen and oxygen atoms in total. The van der Waals surface area contributed by atoms with Crippen molar-refractivity contribution in [2.75, 3.05) is 26.2 Å². The van der Waals surface area contributed by atoms with Gasteiger partial charge in [-0.1, -0.05) is 19.1 Å². The highest BCUT2D eigenvalue weighted by Gasteiger charge is 2.21. The first kappa shape index (κ1) is 13.4. The van der Waals surface area contributed by atoms with Crippen LogP contribution in [0.5, 0.6) is 5.75 Å². The third-order valence-corrected chi connectivity index (χ3v) is 3.52. The van der Waals surface area contributed by atoms with Crippen LogP contribution in [0.25, 0.3) is 0 Å². The molecular formula is C15H23NO2. The Hall–Kier alpha value is -1.06. The molecule has 1 fully saturated rings. The van der Waals surface area contributed by atoms with Crippen LogP contribution < -0.4 is 4.74 Å². The smallest absolute Gasteiger partial charge is 0.119 e. The summed E-state index contributed by atoms with van der Waals surface area (Å²) in [5.41, 5.74) is 0.970. The lowest BCUT2D eigenvalue weighted by Crippen LogP contribution is -2.26. The maximum Gasteiger partial charge on any atom is 0.119 e. The zero-order chi connectivity index (χ0) is 13.0. The Bertz CT molecular complexity index is 363. The van der Waals surface area contributed by atoms with E-state index >= 15 is 0 Å². The van der Waals surface area contributed by atoms with E-state index in [0.717, 1.165) is 36.9 Å². The molecule has 1 aliphatic rings. The van der Waals surface area contributed by atoms with Crippen molar-refractivity contribution in [3.05, 3.63) is 29.8 Å². The highest BCUT2D eigenvalue weighted by Crippen LogP contribution is 2.22. The van der Waals surface area contributed by atoms with Gasteiger partial charge >= 0.3 is 0 Å². The van der Waals surface area contributed by atoms with Crippen molar-refractivity contribution in [2.45, 2.75) is 26.4 Å². The monoisotopic (exact) mass is 249 g/mol. The molecule has 2 atom stereocenters.